The minimum atomic E-state index is 0.589. The molecule has 5 heteroatoms. The normalized spacial score (nSPS) is 11.5. The number of aromatic nitrogens is 5. The Kier molecular flexibility index (Phi) is 9.43. The second kappa shape index (κ2) is 16.4. The summed E-state index contributed by atoms with van der Waals surface area (Å²) in [6, 6.07) is 88.2. The molecule has 0 aliphatic heterocycles. The van der Waals surface area contributed by atoms with Crippen LogP contribution in [0.4, 0.5) is 0 Å². The molecule has 0 N–H and O–H groups in total. The molecule has 0 amide bonds. The molecule has 0 saturated heterocycles. The van der Waals surface area contributed by atoms with E-state index in [0.29, 0.717) is 17.5 Å². The van der Waals surface area contributed by atoms with E-state index >= 15 is 0 Å². The van der Waals surface area contributed by atoms with Crippen LogP contribution in [0.25, 0.3) is 123 Å². The highest BCUT2D eigenvalue weighted by molar-refractivity contribution is 6.11. The van der Waals surface area contributed by atoms with Crippen LogP contribution in [-0.2, 0) is 0 Å². The molecule has 5 nitrogen and oxygen atoms in total. The van der Waals surface area contributed by atoms with Gasteiger partial charge in [-0.25, -0.2) is 15.0 Å². The lowest BCUT2D eigenvalue weighted by atomic mass is 9.95. The van der Waals surface area contributed by atoms with E-state index in [2.05, 4.69) is 240 Å². The fraction of sp³-hybridized carbons (Fsp3) is 0. The van der Waals surface area contributed by atoms with Crippen molar-refractivity contribution in [1.82, 2.24) is 24.1 Å². The van der Waals surface area contributed by atoms with Gasteiger partial charge in [0.25, 0.3) is 0 Å². The van der Waals surface area contributed by atoms with E-state index in [1.807, 2.05) is 18.2 Å². The number of hydrogen-bond acceptors (Lipinski definition) is 3. The van der Waals surface area contributed by atoms with Gasteiger partial charge >= 0.3 is 0 Å². The lowest BCUT2D eigenvalue weighted by molar-refractivity contribution is 1.06. The molecule has 0 aliphatic carbocycles. The largest absolute Gasteiger partial charge is 0.309 e. The van der Waals surface area contributed by atoms with Crippen molar-refractivity contribution in [3.63, 3.8) is 0 Å². The highest BCUT2D eigenvalue weighted by Crippen LogP contribution is 2.41. The zero-order chi connectivity index (χ0) is 45.0. The van der Waals surface area contributed by atoms with E-state index in [9.17, 15) is 0 Å². The molecule has 13 aromatic rings. The molecule has 0 spiro atoms. The standard InChI is InChI=1S/C63H41N5/c1-3-19-42(20-4-1)44-23-17-24-45(39-44)46-25-18-26-47(40-46)49-38-37-48(41-60(49)68-57-34-14-9-29-52(57)53-30-10-15-35-58(53)68)62-64-61(43-21-5-2-6-22-43)65-63(66-62)54-31-11-16-36-59(54)67-55-32-12-7-27-50(55)51-28-8-13-33-56(51)67/h1-41H. The second-order valence-corrected chi connectivity index (χ2v) is 17.2. The lowest BCUT2D eigenvalue weighted by Gasteiger charge is -2.17. The van der Waals surface area contributed by atoms with Gasteiger partial charge in [-0.1, -0.05) is 194 Å². The Morgan fingerprint density at radius 3 is 1.19 bits per heavy atom. The molecule has 68 heavy (non-hydrogen) atoms. The molecule has 0 saturated carbocycles. The highest BCUT2D eigenvalue weighted by Gasteiger charge is 2.22. The van der Waals surface area contributed by atoms with Crippen molar-refractivity contribution >= 4 is 43.6 Å². The Balaban J connectivity index is 1.03. The van der Waals surface area contributed by atoms with Gasteiger partial charge < -0.3 is 9.13 Å². The van der Waals surface area contributed by atoms with Crippen molar-refractivity contribution in [2.75, 3.05) is 0 Å². The summed E-state index contributed by atoms with van der Waals surface area (Å²) < 4.78 is 4.75. The van der Waals surface area contributed by atoms with E-state index in [4.69, 9.17) is 15.0 Å². The van der Waals surface area contributed by atoms with Crippen LogP contribution in [0.1, 0.15) is 0 Å². The average Bonchev–Trinajstić information content (AvgIpc) is 3.94. The predicted molar refractivity (Wildman–Crippen MR) is 281 cm³/mol. The van der Waals surface area contributed by atoms with Crippen molar-refractivity contribution in [2.45, 2.75) is 0 Å². The SMILES string of the molecule is c1ccc(-c2cccc(-c3cccc(-c4ccc(-c5nc(-c6ccccc6)nc(-c6ccccc6-n6c7ccccc7c7ccccc76)n5)cc4-n4c5ccccc5c5ccccc54)c3)c2)cc1. The maximum Gasteiger partial charge on any atom is 0.166 e. The summed E-state index contributed by atoms with van der Waals surface area (Å²) in [5, 5.41) is 4.79. The first kappa shape index (κ1) is 39.2. The fourth-order valence-corrected chi connectivity index (χ4v) is 10.0. The Labute approximate surface area is 393 Å². The second-order valence-electron chi connectivity index (χ2n) is 17.2. The molecule has 0 aliphatic rings. The Morgan fingerprint density at radius 1 is 0.221 bits per heavy atom. The molecule has 0 fully saturated rings. The molecule has 3 heterocycles. The van der Waals surface area contributed by atoms with Gasteiger partial charge in [0.1, 0.15) is 0 Å². The number of benzene rings is 10. The van der Waals surface area contributed by atoms with Crippen LogP contribution >= 0.6 is 0 Å². The zero-order valence-electron chi connectivity index (χ0n) is 36.9. The summed E-state index contributed by atoms with van der Waals surface area (Å²) in [6.45, 7) is 0. The van der Waals surface area contributed by atoms with Gasteiger partial charge in [-0.15, -0.1) is 0 Å². The first-order valence-corrected chi connectivity index (χ1v) is 23.0. The summed E-state index contributed by atoms with van der Waals surface area (Å²) in [5.41, 5.74) is 16.1. The quantitative estimate of drug-likeness (QED) is 0.153. The molecule has 0 bridgehead atoms. The van der Waals surface area contributed by atoms with Gasteiger partial charge in [0.05, 0.1) is 33.4 Å². The minimum absolute atomic E-state index is 0.589. The third kappa shape index (κ3) is 6.68. The maximum absolute atomic E-state index is 5.42. The van der Waals surface area contributed by atoms with Gasteiger partial charge in [0, 0.05) is 43.8 Å². The fourth-order valence-electron chi connectivity index (χ4n) is 10.0. The molecule has 0 unspecified atom stereocenters. The van der Waals surface area contributed by atoms with Gasteiger partial charge in [-0.05, 0) is 82.4 Å². The summed E-state index contributed by atoms with van der Waals surface area (Å²) in [6.07, 6.45) is 0. The van der Waals surface area contributed by atoms with E-state index in [-0.39, 0.29) is 0 Å². The molecule has 3 aromatic heterocycles. The van der Waals surface area contributed by atoms with Gasteiger partial charge in [-0.2, -0.15) is 0 Å². The molecule has 0 atom stereocenters. The smallest absolute Gasteiger partial charge is 0.166 e. The number of nitrogens with zero attached hydrogens (tertiary/aromatic N) is 5. The number of rotatable bonds is 8. The Bertz CT molecular complexity index is 3930. The van der Waals surface area contributed by atoms with Crippen LogP contribution in [0.3, 0.4) is 0 Å². The van der Waals surface area contributed by atoms with Gasteiger partial charge in [0.2, 0.25) is 0 Å². The highest BCUT2D eigenvalue weighted by atomic mass is 15.1. The van der Waals surface area contributed by atoms with Gasteiger partial charge in [-0.3, -0.25) is 0 Å². The zero-order valence-corrected chi connectivity index (χ0v) is 36.9. The molecular weight excluding hydrogens is 827 g/mol. The van der Waals surface area contributed by atoms with Crippen LogP contribution < -0.4 is 0 Å². The van der Waals surface area contributed by atoms with Gasteiger partial charge in [0.15, 0.2) is 17.5 Å². The third-order valence-electron chi connectivity index (χ3n) is 13.2. The maximum atomic E-state index is 5.42. The van der Waals surface area contributed by atoms with E-state index in [1.54, 1.807) is 0 Å². The number of para-hydroxylation sites is 5. The van der Waals surface area contributed by atoms with Crippen LogP contribution in [-0.4, -0.2) is 24.1 Å². The summed E-state index contributed by atoms with van der Waals surface area (Å²) in [5.74, 6) is 1.79. The van der Waals surface area contributed by atoms with Crippen molar-refractivity contribution in [1.29, 1.82) is 0 Å². The average molecular weight is 868 g/mol. The summed E-state index contributed by atoms with van der Waals surface area (Å²) in [4.78, 5) is 16.0. The predicted octanol–water partition coefficient (Wildman–Crippen LogP) is 16.1. The van der Waals surface area contributed by atoms with E-state index in [1.165, 1.54) is 32.7 Å². The number of fused-ring (bicyclic) bond motifs is 6. The van der Waals surface area contributed by atoms with Crippen LogP contribution in [0.15, 0.2) is 249 Å². The first-order valence-electron chi connectivity index (χ1n) is 23.0. The van der Waals surface area contributed by atoms with E-state index in [0.717, 1.165) is 72.4 Å². The van der Waals surface area contributed by atoms with Crippen molar-refractivity contribution < 1.29 is 0 Å². The van der Waals surface area contributed by atoms with Crippen molar-refractivity contribution in [3.8, 4) is 78.9 Å². The van der Waals surface area contributed by atoms with Crippen molar-refractivity contribution in [2.24, 2.45) is 0 Å². The van der Waals surface area contributed by atoms with Crippen LogP contribution in [0.5, 0.6) is 0 Å². The topological polar surface area (TPSA) is 48.5 Å². The van der Waals surface area contributed by atoms with E-state index < -0.39 is 0 Å². The molecule has 318 valence electrons. The summed E-state index contributed by atoms with van der Waals surface area (Å²) >= 11 is 0. The minimum Gasteiger partial charge on any atom is -0.309 e. The summed E-state index contributed by atoms with van der Waals surface area (Å²) in [7, 11) is 0. The Morgan fingerprint density at radius 2 is 0.618 bits per heavy atom. The molecular formula is C63H41N5. The monoisotopic (exact) mass is 867 g/mol. The van der Waals surface area contributed by atoms with Crippen LogP contribution in [0, 0.1) is 0 Å². The number of hydrogen-bond donors (Lipinski definition) is 0. The third-order valence-corrected chi connectivity index (χ3v) is 13.2. The molecule has 13 rings (SSSR count). The Hall–Kier alpha value is -9.19. The van der Waals surface area contributed by atoms with Crippen molar-refractivity contribution in [3.05, 3.63) is 249 Å². The molecule has 0 radical (unpaired) electrons. The first-order chi connectivity index (χ1) is 33.7. The lowest BCUT2D eigenvalue weighted by Crippen LogP contribution is -2.04. The van der Waals surface area contributed by atoms with Crippen LogP contribution in [0.2, 0.25) is 0 Å². The molecule has 10 aromatic carbocycles.